The number of hydrogen-bond donors (Lipinski definition) is 0. The Morgan fingerprint density at radius 2 is 1.48 bits per heavy atom. The monoisotopic (exact) mass is 406 g/mol. The average molecular weight is 407 g/mol. The van der Waals surface area contributed by atoms with E-state index in [0.29, 0.717) is 0 Å². The fraction of sp³-hybridized carbons (Fsp3) is 0.241. The van der Waals surface area contributed by atoms with Crippen LogP contribution in [0.15, 0.2) is 91.5 Å². The Kier molecular flexibility index (Phi) is 4.94. The lowest BCUT2D eigenvalue weighted by molar-refractivity contribution is -0.697. The lowest BCUT2D eigenvalue weighted by Crippen LogP contribution is -2.32. The van der Waals surface area contributed by atoms with Gasteiger partial charge in [0.1, 0.15) is 6.54 Å². The largest absolute Gasteiger partial charge is 0.210 e. The minimum atomic E-state index is -0.0334. The van der Waals surface area contributed by atoms with Gasteiger partial charge in [-0.25, -0.2) is 4.57 Å². The minimum Gasteiger partial charge on any atom is -0.205 e. The zero-order valence-corrected chi connectivity index (χ0v) is 18.7. The Labute approximate surface area is 185 Å². The smallest absolute Gasteiger partial charge is 0.205 e. The highest BCUT2D eigenvalue weighted by atomic mass is 14.9. The maximum Gasteiger partial charge on any atom is 0.210 e. The van der Waals surface area contributed by atoms with Crippen LogP contribution < -0.4 is 9.13 Å². The van der Waals surface area contributed by atoms with Gasteiger partial charge in [0.2, 0.25) is 5.69 Å². The molecule has 1 aliphatic rings. The number of fused-ring (bicyclic) bond motifs is 3. The average Bonchev–Trinajstić information content (AvgIpc) is 3.04. The maximum absolute atomic E-state index is 2.40. The first-order chi connectivity index (χ1) is 15.1. The lowest BCUT2D eigenvalue weighted by Gasteiger charge is -2.20. The Hall–Kier alpha value is -3.26. The van der Waals surface area contributed by atoms with Gasteiger partial charge in [-0.05, 0) is 33.9 Å². The number of aryl methyl sites for hydroxylation is 1. The molecule has 0 bridgehead atoms. The number of unbranched alkanes of at least 4 members (excludes halogenated alkanes) is 1. The highest BCUT2D eigenvalue weighted by Crippen LogP contribution is 2.49. The highest BCUT2D eigenvalue weighted by molar-refractivity contribution is 5.82. The van der Waals surface area contributed by atoms with Gasteiger partial charge < -0.3 is 0 Å². The molecule has 1 aliphatic carbocycles. The van der Waals surface area contributed by atoms with Crippen LogP contribution in [-0.4, -0.2) is 0 Å². The Morgan fingerprint density at radius 1 is 0.742 bits per heavy atom. The number of rotatable bonds is 5. The van der Waals surface area contributed by atoms with Crippen LogP contribution in [0.4, 0.5) is 0 Å². The van der Waals surface area contributed by atoms with Crippen LogP contribution in [0.2, 0.25) is 0 Å². The quantitative estimate of drug-likeness (QED) is 0.358. The van der Waals surface area contributed by atoms with Crippen molar-refractivity contribution in [2.24, 2.45) is 0 Å². The predicted octanol–water partition coefficient (Wildman–Crippen LogP) is 6.02. The van der Waals surface area contributed by atoms with E-state index < -0.39 is 0 Å². The van der Waals surface area contributed by atoms with Crippen molar-refractivity contribution in [1.29, 1.82) is 0 Å². The summed E-state index contributed by atoms with van der Waals surface area (Å²) in [7, 11) is 0. The van der Waals surface area contributed by atoms with Crippen LogP contribution in [0.3, 0.4) is 0 Å². The summed E-state index contributed by atoms with van der Waals surface area (Å²) in [5.74, 6) is 0. The standard InChI is InChI=1S/C29H30N2/c1-4-5-16-30-17-13-22(14-18-30)23-11-12-25-26-15-19-31(24-9-7-6-8-10-24)21-28(26)29(2,3)27(25)20-23/h6-15,17-21H,4-5,16H2,1-3H3/q+2. The number of benzene rings is 2. The van der Waals surface area contributed by atoms with Gasteiger partial charge in [-0.2, -0.15) is 4.57 Å². The van der Waals surface area contributed by atoms with E-state index in [1.807, 2.05) is 0 Å². The van der Waals surface area contributed by atoms with E-state index in [-0.39, 0.29) is 5.41 Å². The van der Waals surface area contributed by atoms with Crippen molar-refractivity contribution in [3.63, 3.8) is 0 Å². The van der Waals surface area contributed by atoms with Gasteiger partial charge >= 0.3 is 0 Å². The van der Waals surface area contributed by atoms with Gasteiger partial charge in [-0.3, -0.25) is 0 Å². The zero-order chi connectivity index (χ0) is 21.4. The molecule has 2 heterocycles. The molecule has 0 saturated carbocycles. The molecule has 0 saturated heterocycles. The van der Waals surface area contributed by atoms with Gasteiger partial charge in [0.15, 0.2) is 24.8 Å². The van der Waals surface area contributed by atoms with Crippen LogP contribution in [0.5, 0.6) is 0 Å². The Bertz CT molecular complexity index is 1220. The van der Waals surface area contributed by atoms with Crippen LogP contribution in [0.1, 0.15) is 44.7 Å². The molecule has 0 fully saturated rings. The Balaban J connectivity index is 1.52. The molecule has 0 amide bonds. The first-order valence-electron chi connectivity index (χ1n) is 11.3. The molecule has 2 heteroatoms. The van der Waals surface area contributed by atoms with Crippen molar-refractivity contribution in [2.45, 2.75) is 45.6 Å². The SMILES string of the molecule is CCCC[n+]1ccc(-c2ccc3c(c2)C(C)(C)c2c[n+](-c4ccccc4)ccc2-3)cc1. The van der Waals surface area contributed by atoms with Crippen molar-refractivity contribution in [3.05, 3.63) is 103 Å². The van der Waals surface area contributed by atoms with Crippen LogP contribution in [-0.2, 0) is 12.0 Å². The molecule has 5 rings (SSSR count). The summed E-state index contributed by atoms with van der Waals surface area (Å²) in [6.45, 7) is 8.02. The van der Waals surface area contributed by atoms with Gasteiger partial charge in [0, 0.05) is 47.7 Å². The van der Waals surface area contributed by atoms with Gasteiger partial charge in [0.25, 0.3) is 0 Å². The zero-order valence-electron chi connectivity index (χ0n) is 18.7. The third-order valence-electron chi connectivity index (χ3n) is 6.67. The molecule has 31 heavy (non-hydrogen) atoms. The van der Waals surface area contributed by atoms with E-state index in [2.05, 4.69) is 121 Å². The van der Waals surface area contributed by atoms with Crippen molar-refractivity contribution in [1.82, 2.24) is 0 Å². The van der Waals surface area contributed by atoms with Crippen molar-refractivity contribution in [3.8, 4) is 27.9 Å². The van der Waals surface area contributed by atoms with Crippen LogP contribution in [0, 0.1) is 0 Å². The molecule has 0 aliphatic heterocycles. The molecule has 4 aromatic rings. The molecule has 2 aromatic heterocycles. The number of para-hydroxylation sites is 1. The van der Waals surface area contributed by atoms with Crippen molar-refractivity contribution in [2.75, 3.05) is 0 Å². The minimum absolute atomic E-state index is 0.0334. The second kappa shape index (κ2) is 7.77. The summed E-state index contributed by atoms with van der Waals surface area (Å²) in [6.07, 6.45) is 11.3. The molecular formula is C29H30N2+2. The number of hydrogen-bond acceptors (Lipinski definition) is 0. The lowest BCUT2D eigenvalue weighted by atomic mass is 9.82. The van der Waals surface area contributed by atoms with E-state index >= 15 is 0 Å². The second-order valence-corrected chi connectivity index (χ2v) is 9.08. The third-order valence-corrected chi connectivity index (χ3v) is 6.67. The van der Waals surface area contributed by atoms with Gasteiger partial charge in [-0.1, -0.05) is 57.5 Å². The predicted molar refractivity (Wildman–Crippen MR) is 126 cm³/mol. The van der Waals surface area contributed by atoms with Crippen LogP contribution in [0.25, 0.3) is 27.9 Å². The van der Waals surface area contributed by atoms with Gasteiger partial charge in [0.05, 0.1) is 0 Å². The third kappa shape index (κ3) is 3.46. The summed E-state index contributed by atoms with van der Waals surface area (Å²) in [4.78, 5) is 0. The highest BCUT2D eigenvalue weighted by Gasteiger charge is 2.38. The summed E-state index contributed by atoms with van der Waals surface area (Å²) in [6, 6.07) is 24.3. The molecule has 0 radical (unpaired) electrons. The van der Waals surface area contributed by atoms with E-state index in [1.54, 1.807) is 0 Å². The maximum atomic E-state index is 2.40. The van der Waals surface area contributed by atoms with E-state index in [4.69, 9.17) is 0 Å². The molecule has 0 atom stereocenters. The topological polar surface area (TPSA) is 7.76 Å². The summed E-state index contributed by atoms with van der Waals surface area (Å²) < 4.78 is 4.52. The molecule has 154 valence electrons. The molecule has 0 spiro atoms. The summed E-state index contributed by atoms with van der Waals surface area (Å²) >= 11 is 0. The fourth-order valence-electron chi connectivity index (χ4n) is 4.75. The van der Waals surface area contributed by atoms with Gasteiger partial charge in [-0.15, -0.1) is 0 Å². The second-order valence-electron chi connectivity index (χ2n) is 9.08. The molecule has 2 nitrogen and oxygen atoms in total. The van der Waals surface area contributed by atoms with E-state index in [1.165, 1.54) is 51.9 Å². The van der Waals surface area contributed by atoms with E-state index in [0.717, 1.165) is 6.54 Å². The number of nitrogens with zero attached hydrogens (tertiary/aromatic N) is 2. The Morgan fingerprint density at radius 3 is 2.23 bits per heavy atom. The van der Waals surface area contributed by atoms with Crippen molar-refractivity contribution < 1.29 is 9.13 Å². The first kappa shape index (κ1) is 19.7. The summed E-state index contributed by atoms with van der Waals surface area (Å²) in [5, 5.41) is 0. The number of pyridine rings is 2. The molecular weight excluding hydrogens is 376 g/mol. The normalized spacial score (nSPS) is 13.6. The fourth-order valence-corrected chi connectivity index (χ4v) is 4.75. The molecule has 2 aromatic carbocycles. The molecule has 0 N–H and O–H groups in total. The molecule has 0 unspecified atom stereocenters. The van der Waals surface area contributed by atoms with Crippen LogP contribution >= 0.6 is 0 Å². The first-order valence-corrected chi connectivity index (χ1v) is 11.3. The summed E-state index contributed by atoms with van der Waals surface area (Å²) in [5.41, 5.74) is 9.24. The number of aromatic nitrogens is 2. The van der Waals surface area contributed by atoms with Crippen molar-refractivity contribution >= 4 is 0 Å². The van der Waals surface area contributed by atoms with E-state index in [9.17, 15) is 0 Å².